The van der Waals surface area contributed by atoms with Crippen LogP contribution in [-0.4, -0.2) is 9.97 Å². The Morgan fingerprint density at radius 2 is 2.10 bits per heavy atom. The first-order valence-electron chi connectivity index (χ1n) is 6.51. The molecule has 0 aliphatic heterocycles. The number of hydrogen-bond donors (Lipinski definition) is 1. The van der Waals surface area contributed by atoms with E-state index in [2.05, 4.69) is 45.8 Å². The minimum Gasteiger partial charge on any atom is -0.424 e. The number of hydrogen-bond acceptors (Lipinski definition) is 4. The largest absolute Gasteiger partial charge is 0.424 e. The van der Waals surface area contributed by atoms with Crippen molar-refractivity contribution in [3.8, 4) is 11.8 Å². The highest BCUT2D eigenvalue weighted by atomic mass is 79.9. The van der Waals surface area contributed by atoms with Crippen LogP contribution in [0, 0.1) is 6.92 Å². The molecule has 4 nitrogen and oxygen atoms in total. The number of benzene rings is 1. The van der Waals surface area contributed by atoms with Crippen LogP contribution in [0.1, 0.15) is 36.6 Å². The summed E-state index contributed by atoms with van der Waals surface area (Å²) in [5.74, 6) is 1.13. The van der Waals surface area contributed by atoms with E-state index in [9.17, 15) is 0 Å². The molecule has 2 rings (SSSR count). The van der Waals surface area contributed by atoms with Crippen molar-refractivity contribution in [1.29, 1.82) is 0 Å². The molecule has 106 valence electrons. The highest BCUT2D eigenvalue weighted by Gasteiger charge is 2.11. The highest BCUT2D eigenvalue weighted by Crippen LogP contribution is 2.31. The predicted molar refractivity (Wildman–Crippen MR) is 83.0 cm³/mol. The molecule has 20 heavy (non-hydrogen) atoms. The number of aromatic nitrogens is 2. The Kier molecular flexibility index (Phi) is 4.73. The van der Waals surface area contributed by atoms with E-state index in [1.807, 2.05) is 19.1 Å². The van der Waals surface area contributed by atoms with Crippen molar-refractivity contribution in [2.24, 2.45) is 5.73 Å². The lowest BCUT2D eigenvalue weighted by atomic mass is 10.0. The first-order chi connectivity index (χ1) is 9.51. The van der Waals surface area contributed by atoms with Gasteiger partial charge in [0.2, 0.25) is 0 Å². The average Bonchev–Trinajstić information content (AvgIpc) is 2.41. The van der Waals surface area contributed by atoms with Crippen LogP contribution in [0.15, 0.2) is 28.9 Å². The van der Waals surface area contributed by atoms with E-state index in [-0.39, 0.29) is 0 Å². The summed E-state index contributed by atoms with van der Waals surface area (Å²) in [6.45, 7) is 6.58. The van der Waals surface area contributed by atoms with E-state index >= 15 is 0 Å². The Labute approximate surface area is 127 Å². The first kappa shape index (κ1) is 14.9. The second-order valence-corrected chi connectivity index (χ2v) is 5.82. The lowest BCUT2D eigenvalue weighted by Gasteiger charge is -2.13. The fourth-order valence-corrected chi connectivity index (χ4v) is 2.26. The van der Waals surface area contributed by atoms with Gasteiger partial charge in [0.05, 0.1) is 0 Å². The van der Waals surface area contributed by atoms with Gasteiger partial charge in [-0.05, 0) is 36.6 Å². The van der Waals surface area contributed by atoms with E-state index in [1.54, 1.807) is 6.20 Å². The summed E-state index contributed by atoms with van der Waals surface area (Å²) in [7, 11) is 0. The lowest BCUT2D eigenvalue weighted by molar-refractivity contribution is 0.432. The fraction of sp³-hybridized carbons (Fsp3) is 0.333. The third-order valence-corrected chi connectivity index (χ3v) is 3.57. The minimum atomic E-state index is 0.351. The van der Waals surface area contributed by atoms with Gasteiger partial charge in [-0.3, -0.25) is 0 Å². The normalized spacial score (nSPS) is 10.9. The molecule has 5 heteroatoms. The number of halogens is 1. The highest BCUT2D eigenvalue weighted by molar-refractivity contribution is 9.10. The van der Waals surface area contributed by atoms with Gasteiger partial charge in [-0.25, -0.2) is 4.98 Å². The summed E-state index contributed by atoms with van der Waals surface area (Å²) in [4.78, 5) is 8.54. The van der Waals surface area contributed by atoms with Gasteiger partial charge in [0, 0.05) is 28.5 Å². The van der Waals surface area contributed by atoms with Gasteiger partial charge in [0.1, 0.15) is 5.75 Å². The molecule has 0 aliphatic rings. The Morgan fingerprint density at radius 3 is 2.70 bits per heavy atom. The maximum Gasteiger partial charge on any atom is 0.322 e. The summed E-state index contributed by atoms with van der Waals surface area (Å²) < 4.78 is 6.85. The average molecular weight is 336 g/mol. The van der Waals surface area contributed by atoms with E-state index in [0.29, 0.717) is 18.5 Å². The lowest BCUT2D eigenvalue weighted by Crippen LogP contribution is -2.04. The molecule has 2 aromatic rings. The van der Waals surface area contributed by atoms with Crippen LogP contribution in [0.2, 0.25) is 0 Å². The molecule has 0 aliphatic carbocycles. The van der Waals surface area contributed by atoms with Crippen LogP contribution in [0.3, 0.4) is 0 Å². The van der Waals surface area contributed by atoms with Gasteiger partial charge >= 0.3 is 6.01 Å². The van der Waals surface area contributed by atoms with Crippen molar-refractivity contribution < 1.29 is 4.74 Å². The Hall–Kier alpha value is -1.46. The smallest absolute Gasteiger partial charge is 0.322 e. The van der Waals surface area contributed by atoms with E-state index in [1.165, 1.54) is 0 Å². The number of aryl methyl sites for hydroxylation is 1. The molecule has 0 radical (unpaired) electrons. The second kappa shape index (κ2) is 6.33. The minimum absolute atomic E-state index is 0.351. The molecular formula is C15H18BrN3O. The summed E-state index contributed by atoms with van der Waals surface area (Å²) in [6, 6.07) is 6.28. The molecule has 1 aromatic heterocycles. The van der Waals surface area contributed by atoms with Crippen LogP contribution >= 0.6 is 15.9 Å². The SMILES string of the molecule is Cc1nc(Oc2ccc(Br)cc2C(C)C)ncc1CN. The quantitative estimate of drug-likeness (QED) is 0.919. The van der Waals surface area contributed by atoms with E-state index in [4.69, 9.17) is 10.5 Å². The zero-order valence-electron chi connectivity index (χ0n) is 11.9. The molecule has 0 saturated heterocycles. The molecule has 0 amide bonds. The summed E-state index contributed by atoms with van der Waals surface area (Å²) >= 11 is 3.48. The summed E-state index contributed by atoms with van der Waals surface area (Å²) in [6.07, 6.45) is 1.71. The van der Waals surface area contributed by atoms with Crippen molar-refractivity contribution in [1.82, 2.24) is 9.97 Å². The summed E-state index contributed by atoms with van der Waals surface area (Å²) in [5, 5.41) is 0. The molecule has 0 unspecified atom stereocenters. The number of ether oxygens (including phenoxy) is 1. The fourth-order valence-electron chi connectivity index (χ4n) is 1.88. The number of nitrogens with zero attached hydrogens (tertiary/aromatic N) is 2. The van der Waals surface area contributed by atoms with E-state index in [0.717, 1.165) is 27.0 Å². The van der Waals surface area contributed by atoms with Crippen molar-refractivity contribution in [2.45, 2.75) is 33.2 Å². The number of nitrogens with two attached hydrogens (primary N) is 1. The van der Waals surface area contributed by atoms with Crippen LogP contribution in [0.5, 0.6) is 11.8 Å². The Balaban J connectivity index is 2.32. The van der Waals surface area contributed by atoms with Crippen LogP contribution in [-0.2, 0) is 6.54 Å². The van der Waals surface area contributed by atoms with Gasteiger partial charge in [-0.15, -0.1) is 0 Å². The van der Waals surface area contributed by atoms with Crippen LogP contribution in [0.4, 0.5) is 0 Å². The molecule has 0 bridgehead atoms. The topological polar surface area (TPSA) is 61.0 Å². The molecule has 0 atom stereocenters. The van der Waals surface area contributed by atoms with Crippen molar-refractivity contribution in [3.05, 3.63) is 45.7 Å². The molecule has 1 aromatic carbocycles. The van der Waals surface area contributed by atoms with Crippen molar-refractivity contribution >= 4 is 15.9 Å². The molecular weight excluding hydrogens is 318 g/mol. The van der Waals surface area contributed by atoms with Gasteiger partial charge in [-0.1, -0.05) is 29.8 Å². The number of rotatable bonds is 4. The first-order valence-corrected chi connectivity index (χ1v) is 7.30. The molecule has 1 heterocycles. The molecule has 0 fully saturated rings. The molecule has 0 spiro atoms. The predicted octanol–water partition coefficient (Wildman–Crippen LogP) is 3.92. The zero-order chi connectivity index (χ0) is 14.7. The van der Waals surface area contributed by atoms with Crippen LogP contribution < -0.4 is 10.5 Å². The van der Waals surface area contributed by atoms with Gasteiger partial charge < -0.3 is 10.5 Å². The monoisotopic (exact) mass is 335 g/mol. The zero-order valence-corrected chi connectivity index (χ0v) is 13.4. The third-order valence-electron chi connectivity index (χ3n) is 3.07. The Morgan fingerprint density at radius 1 is 1.35 bits per heavy atom. The van der Waals surface area contributed by atoms with Crippen molar-refractivity contribution in [3.63, 3.8) is 0 Å². The van der Waals surface area contributed by atoms with Crippen molar-refractivity contribution in [2.75, 3.05) is 0 Å². The maximum atomic E-state index is 5.82. The summed E-state index contributed by atoms with van der Waals surface area (Å²) in [5.41, 5.74) is 8.50. The van der Waals surface area contributed by atoms with E-state index < -0.39 is 0 Å². The van der Waals surface area contributed by atoms with Gasteiger partial charge in [-0.2, -0.15) is 4.98 Å². The standard InChI is InChI=1S/C15H18BrN3O/c1-9(2)13-6-12(16)4-5-14(13)20-15-18-8-11(7-17)10(3)19-15/h4-6,8-9H,7,17H2,1-3H3. The van der Waals surface area contributed by atoms with Gasteiger partial charge in [0.25, 0.3) is 0 Å². The molecule has 2 N–H and O–H groups in total. The Bertz CT molecular complexity index is 614. The van der Waals surface area contributed by atoms with Crippen LogP contribution in [0.25, 0.3) is 0 Å². The maximum absolute atomic E-state index is 5.82. The van der Waals surface area contributed by atoms with Gasteiger partial charge in [0.15, 0.2) is 0 Å². The third kappa shape index (κ3) is 3.35. The molecule has 0 saturated carbocycles. The second-order valence-electron chi connectivity index (χ2n) is 4.91.